The molecule has 1 aromatic rings. The van der Waals surface area contributed by atoms with Gasteiger partial charge in [-0.25, -0.2) is 4.39 Å². The molecule has 1 atom stereocenters. The molecule has 0 aliphatic heterocycles. The summed E-state index contributed by atoms with van der Waals surface area (Å²) < 4.78 is 19.5. The number of nitrogens with zero attached hydrogens (tertiary/aromatic N) is 1. The average Bonchev–Trinajstić information content (AvgIpc) is 2.36. The molecular formula is C15H25FN2O. The minimum atomic E-state index is -0.286. The highest BCUT2D eigenvalue weighted by atomic mass is 19.1. The van der Waals surface area contributed by atoms with Crippen LogP contribution in [0, 0.1) is 5.82 Å². The van der Waals surface area contributed by atoms with Gasteiger partial charge in [0.25, 0.3) is 0 Å². The Balaban J connectivity index is 3.27. The SMILES string of the molecule is CCNC(c1cccc(OC)c1F)C(C)(C)N(C)C. The summed E-state index contributed by atoms with van der Waals surface area (Å²) in [6, 6.07) is 5.18. The lowest BCUT2D eigenvalue weighted by molar-refractivity contribution is 0.136. The zero-order chi connectivity index (χ0) is 14.6. The second-order valence-electron chi connectivity index (χ2n) is 5.40. The van der Waals surface area contributed by atoms with E-state index in [0.29, 0.717) is 5.56 Å². The van der Waals surface area contributed by atoms with Crippen LogP contribution in [0.4, 0.5) is 4.39 Å². The predicted molar refractivity (Wildman–Crippen MR) is 77.1 cm³/mol. The van der Waals surface area contributed by atoms with Crippen LogP contribution in [0.5, 0.6) is 5.75 Å². The number of hydrogen-bond donors (Lipinski definition) is 1. The summed E-state index contributed by atoms with van der Waals surface area (Å²) in [7, 11) is 5.49. The van der Waals surface area contributed by atoms with Gasteiger partial charge in [-0.2, -0.15) is 0 Å². The second-order valence-corrected chi connectivity index (χ2v) is 5.40. The van der Waals surface area contributed by atoms with Crippen LogP contribution in [0.2, 0.25) is 0 Å². The summed E-state index contributed by atoms with van der Waals surface area (Å²) >= 11 is 0. The van der Waals surface area contributed by atoms with Crippen molar-refractivity contribution in [3.05, 3.63) is 29.6 Å². The van der Waals surface area contributed by atoms with Crippen LogP contribution in [-0.2, 0) is 0 Å². The van der Waals surface area contributed by atoms with Crippen molar-refractivity contribution in [2.75, 3.05) is 27.7 Å². The summed E-state index contributed by atoms with van der Waals surface area (Å²) in [4.78, 5) is 2.10. The van der Waals surface area contributed by atoms with Gasteiger partial charge in [-0.1, -0.05) is 19.1 Å². The van der Waals surface area contributed by atoms with E-state index in [4.69, 9.17) is 4.74 Å². The molecule has 0 saturated carbocycles. The Morgan fingerprint density at radius 1 is 1.37 bits per heavy atom. The van der Waals surface area contributed by atoms with Crippen LogP contribution in [-0.4, -0.2) is 38.2 Å². The van der Waals surface area contributed by atoms with E-state index in [1.807, 2.05) is 33.2 Å². The van der Waals surface area contributed by atoms with Gasteiger partial charge in [0.05, 0.1) is 13.2 Å². The molecule has 0 fully saturated rings. The summed E-state index contributed by atoms with van der Waals surface area (Å²) in [5.41, 5.74) is 0.420. The highest BCUT2D eigenvalue weighted by Crippen LogP contribution is 2.33. The van der Waals surface area contributed by atoms with E-state index in [0.717, 1.165) is 6.54 Å². The van der Waals surface area contributed by atoms with Crippen molar-refractivity contribution in [3.63, 3.8) is 0 Å². The van der Waals surface area contributed by atoms with Crippen LogP contribution in [0.15, 0.2) is 18.2 Å². The largest absolute Gasteiger partial charge is 0.494 e. The van der Waals surface area contributed by atoms with Gasteiger partial charge >= 0.3 is 0 Å². The molecule has 1 N–H and O–H groups in total. The lowest BCUT2D eigenvalue weighted by Crippen LogP contribution is -2.49. The first kappa shape index (κ1) is 15.9. The molecule has 19 heavy (non-hydrogen) atoms. The molecule has 0 aliphatic carbocycles. The van der Waals surface area contributed by atoms with Crippen LogP contribution in [0.25, 0.3) is 0 Å². The minimum Gasteiger partial charge on any atom is -0.494 e. The molecule has 0 aromatic heterocycles. The molecule has 0 spiro atoms. The van der Waals surface area contributed by atoms with E-state index in [9.17, 15) is 4.39 Å². The normalized spacial score (nSPS) is 13.7. The number of benzene rings is 1. The molecule has 108 valence electrons. The Kier molecular flexibility index (Phi) is 5.32. The second kappa shape index (κ2) is 6.35. The third kappa shape index (κ3) is 3.25. The predicted octanol–water partition coefficient (Wildman–Crippen LogP) is 2.83. The van der Waals surface area contributed by atoms with Crippen molar-refractivity contribution in [2.24, 2.45) is 0 Å². The highest BCUT2D eigenvalue weighted by molar-refractivity contribution is 5.34. The first-order valence-electron chi connectivity index (χ1n) is 6.59. The van der Waals surface area contributed by atoms with Crippen molar-refractivity contribution in [2.45, 2.75) is 32.4 Å². The monoisotopic (exact) mass is 268 g/mol. The molecule has 1 rings (SSSR count). The van der Waals surface area contributed by atoms with E-state index in [1.54, 1.807) is 6.07 Å². The van der Waals surface area contributed by atoms with Gasteiger partial charge < -0.3 is 15.0 Å². The van der Waals surface area contributed by atoms with Crippen molar-refractivity contribution in [1.29, 1.82) is 0 Å². The average molecular weight is 268 g/mol. The van der Waals surface area contributed by atoms with Crippen LogP contribution in [0.3, 0.4) is 0 Å². The quantitative estimate of drug-likeness (QED) is 0.858. The van der Waals surface area contributed by atoms with Gasteiger partial charge in [0, 0.05) is 11.1 Å². The molecular weight excluding hydrogens is 243 g/mol. The number of ether oxygens (including phenoxy) is 1. The van der Waals surface area contributed by atoms with Gasteiger partial charge in [-0.15, -0.1) is 0 Å². The Morgan fingerprint density at radius 2 is 2.00 bits per heavy atom. The van der Waals surface area contributed by atoms with E-state index >= 15 is 0 Å². The van der Waals surface area contributed by atoms with Crippen molar-refractivity contribution in [1.82, 2.24) is 10.2 Å². The van der Waals surface area contributed by atoms with Crippen LogP contribution >= 0.6 is 0 Å². The van der Waals surface area contributed by atoms with Gasteiger partial charge in [-0.3, -0.25) is 0 Å². The van der Waals surface area contributed by atoms with E-state index in [2.05, 4.69) is 24.1 Å². The molecule has 0 saturated heterocycles. The van der Waals surface area contributed by atoms with Crippen molar-refractivity contribution < 1.29 is 9.13 Å². The number of hydrogen-bond acceptors (Lipinski definition) is 3. The van der Waals surface area contributed by atoms with Gasteiger partial charge in [-0.05, 0) is 40.6 Å². The Hall–Kier alpha value is -1.13. The minimum absolute atomic E-state index is 0.109. The maximum Gasteiger partial charge on any atom is 0.169 e. The standard InChI is InChI=1S/C15H25FN2O/c1-7-17-14(15(2,3)18(4)5)11-9-8-10-12(19-6)13(11)16/h8-10,14,17H,7H2,1-6H3. The van der Waals surface area contributed by atoms with E-state index in [-0.39, 0.29) is 23.1 Å². The topological polar surface area (TPSA) is 24.5 Å². The Morgan fingerprint density at radius 3 is 2.47 bits per heavy atom. The number of halogens is 1. The summed E-state index contributed by atoms with van der Waals surface area (Å²) in [6.07, 6.45) is 0. The zero-order valence-electron chi connectivity index (χ0n) is 12.7. The fourth-order valence-corrected chi connectivity index (χ4v) is 2.11. The van der Waals surface area contributed by atoms with Crippen LogP contribution < -0.4 is 10.1 Å². The maximum atomic E-state index is 14.5. The number of nitrogens with one attached hydrogen (secondary N) is 1. The molecule has 0 radical (unpaired) electrons. The number of likely N-dealkylation sites (N-methyl/N-ethyl adjacent to an activating group) is 2. The third-order valence-corrected chi connectivity index (χ3v) is 3.79. The molecule has 1 aromatic carbocycles. The smallest absolute Gasteiger partial charge is 0.169 e. The summed E-state index contributed by atoms with van der Waals surface area (Å²) in [5, 5.41) is 3.38. The van der Waals surface area contributed by atoms with Gasteiger partial charge in [0.15, 0.2) is 11.6 Å². The molecule has 0 heterocycles. The summed E-state index contributed by atoms with van der Waals surface area (Å²) in [5.74, 6) is 0.000772. The van der Waals surface area contributed by atoms with E-state index in [1.165, 1.54) is 7.11 Å². The number of methoxy groups -OCH3 is 1. The van der Waals surface area contributed by atoms with Crippen molar-refractivity contribution in [3.8, 4) is 5.75 Å². The molecule has 4 heteroatoms. The van der Waals surface area contributed by atoms with E-state index < -0.39 is 0 Å². The lowest BCUT2D eigenvalue weighted by atomic mass is 9.87. The van der Waals surface area contributed by atoms with Crippen molar-refractivity contribution >= 4 is 0 Å². The summed E-state index contributed by atoms with van der Waals surface area (Å²) in [6.45, 7) is 6.99. The van der Waals surface area contributed by atoms with Gasteiger partial charge in [0.1, 0.15) is 0 Å². The first-order valence-corrected chi connectivity index (χ1v) is 6.59. The first-order chi connectivity index (χ1) is 8.86. The Labute approximate surface area is 115 Å². The van der Waals surface area contributed by atoms with Gasteiger partial charge in [0.2, 0.25) is 0 Å². The van der Waals surface area contributed by atoms with Crippen LogP contribution in [0.1, 0.15) is 32.4 Å². The molecule has 0 amide bonds. The molecule has 0 aliphatic rings. The fraction of sp³-hybridized carbons (Fsp3) is 0.600. The molecule has 1 unspecified atom stereocenters. The Bertz CT molecular complexity index is 419. The highest BCUT2D eigenvalue weighted by Gasteiger charge is 2.34. The fourth-order valence-electron chi connectivity index (χ4n) is 2.11. The third-order valence-electron chi connectivity index (χ3n) is 3.79. The lowest BCUT2D eigenvalue weighted by Gasteiger charge is -2.41. The maximum absolute atomic E-state index is 14.5. The molecule has 3 nitrogen and oxygen atoms in total. The number of rotatable bonds is 6. The zero-order valence-corrected chi connectivity index (χ0v) is 12.7. The molecule has 0 bridgehead atoms.